The molecule has 0 fully saturated rings. The Labute approximate surface area is 87.8 Å². The van der Waals surface area contributed by atoms with Crippen LogP contribution >= 0.6 is 0 Å². The number of fused-ring (bicyclic) bond motifs is 1. The van der Waals surface area contributed by atoms with Crippen molar-refractivity contribution in [2.75, 3.05) is 11.9 Å². The van der Waals surface area contributed by atoms with Crippen LogP contribution in [0.3, 0.4) is 0 Å². The number of anilines is 1. The van der Waals surface area contributed by atoms with E-state index in [9.17, 15) is 0 Å². The van der Waals surface area contributed by atoms with E-state index in [-0.39, 0.29) is 6.10 Å². The van der Waals surface area contributed by atoms with Crippen LogP contribution < -0.4 is 5.32 Å². The van der Waals surface area contributed by atoms with Gasteiger partial charge in [0.1, 0.15) is 5.82 Å². The molecular formula is C10H14N4O. The highest BCUT2D eigenvalue weighted by Gasteiger charge is 1.99. The van der Waals surface area contributed by atoms with Crippen LogP contribution in [0.15, 0.2) is 24.5 Å². The van der Waals surface area contributed by atoms with E-state index in [0.29, 0.717) is 6.42 Å². The molecule has 80 valence electrons. The lowest BCUT2D eigenvalue weighted by Gasteiger charge is -2.06. The highest BCUT2D eigenvalue weighted by Crippen LogP contribution is 2.05. The molecule has 2 rings (SSSR count). The van der Waals surface area contributed by atoms with Gasteiger partial charge in [-0.3, -0.25) is 0 Å². The lowest BCUT2D eigenvalue weighted by atomic mass is 10.3. The Morgan fingerprint density at radius 3 is 3.20 bits per heavy atom. The first-order valence-corrected chi connectivity index (χ1v) is 4.98. The monoisotopic (exact) mass is 206 g/mol. The molecule has 0 aliphatic heterocycles. The second-order valence-electron chi connectivity index (χ2n) is 3.51. The zero-order valence-electron chi connectivity index (χ0n) is 8.59. The van der Waals surface area contributed by atoms with Gasteiger partial charge in [0.2, 0.25) is 0 Å². The molecule has 2 N–H and O–H groups in total. The minimum atomic E-state index is -0.281. The van der Waals surface area contributed by atoms with Crippen molar-refractivity contribution in [2.45, 2.75) is 19.4 Å². The molecule has 5 heteroatoms. The summed E-state index contributed by atoms with van der Waals surface area (Å²) in [5.41, 5.74) is 0.817. The Balaban J connectivity index is 2.02. The number of aliphatic hydroxyl groups is 1. The predicted molar refractivity (Wildman–Crippen MR) is 57.8 cm³/mol. The average molecular weight is 206 g/mol. The average Bonchev–Trinajstić information content (AvgIpc) is 2.64. The van der Waals surface area contributed by atoms with E-state index in [2.05, 4.69) is 15.4 Å². The van der Waals surface area contributed by atoms with Crippen molar-refractivity contribution in [1.29, 1.82) is 0 Å². The summed E-state index contributed by atoms with van der Waals surface area (Å²) in [6.07, 6.45) is 4.00. The standard InChI is InChI=1S/C10H14N4O/c1-8(15)2-5-11-9-4-7-14-10(13-9)3-6-12-14/h3-4,6-8,15H,2,5H2,1H3,(H,11,13). The van der Waals surface area contributed by atoms with Crippen LogP contribution in [-0.4, -0.2) is 32.4 Å². The van der Waals surface area contributed by atoms with Gasteiger partial charge in [-0.25, -0.2) is 9.50 Å². The quantitative estimate of drug-likeness (QED) is 0.780. The third-order valence-electron chi connectivity index (χ3n) is 2.13. The van der Waals surface area contributed by atoms with E-state index in [1.807, 2.05) is 18.3 Å². The third-order valence-corrected chi connectivity index (χ3v) is 2.13. The highest BCUT2D eigenvalue weighted by atomic mass is 16.3. The fraction of sp³-hybridized carbons (Fsp3) is 0.400. The maximum Gasteiger partial charge on any atom is 0.157 e. The molecule has 2 heterocycles. The minimum absolute atomic E-state index is 0.281. The number of nitrogens with one attached hydrogen (secondary N) is 1. The van der Waals surface area contributed by atoms with Crippen LogP contribution in [0.1, 0.15) is 13.3 Å². The van der Waals surface area contributed by atoms with E-state index in [0.717, 1.165) is 18.0 Å². The molecule has 1 atom stereocenters. The number of nitrogens with zero attached hydrogens (tertiary/aromatic N) is 3. The van der Waals surface area contributed by atoms with Gasteiger partial charge in [-0.05, 0) is 19.4 Å². The zero-order chi connectivity index (χ0) is 10.7. The Morgan fingerprint density at radius 2 is 2.40 bits per heavy atom. The smallest absolute Gasteiger partial charge is 0.157 e. The summed E-state index contributed by atoms with van der Waals surface area (Å²) in [5.74, 6) is 0.809. The summed E-state index contributed by atoms with van der Waals surface area (Å²) in [4.78, 5) is 4.34. The Hall–Kier alpha value is -1.62. The first-order chi connectivity index (χ1) is 7.25. The zero-order valence-corrected chi connectivity index (χ0v) is 8.59. The molecule has 0 aromatic carbocycles. The maximum absolute atomic E-state index is 9.09. The van der Waals surface area contributed by atoms with Crippen molar-refractivity contribution in [1.82, 2.24) is 14.6 Å². The number of aromatic nitrogens is 3. The molecule has 0 radical (unpaired) electrons. The van der Waals surface area contributed by atoms with Gasteiger partial charge < -0.3 is 10.4 Å². The number of rotatable bonds is 4. The SMILES string of the molecule is CC(O)CCNc1ccn2nccc2n1. The second-order valence-corrected chi connectivity index (χ2v) is 3.51. The van der Waals surface area contributed by atoms with Gasteiger partial charge in [0.05, 0.1) is 12.3 Å². The van der Waals surface area contributed by atoms with Crippen molar-refractivity contribution in [3.05, 3.63) is 24.5 Å². The summed E-state index contributed by atoms with van der Waals surface area (Å²) >= 11 is 0. The van der Waals surface area contributed by atoms with Crippen LogP contribution in [0.25, 0.3) is 5.65 Å². The summed E-state index contributed by atoms with van der Waals surface area (Å²) < 4.78 is 1.71. The summed E-state index contributed by atoms with van der Waals surface area (Å²) in [6.45, 7) is 2.49. The van der Waals surface area contributed by atoms with Crippen molar-refractivity contribution >= 4 is 11.5 Å². The topological polar surface area (TPSA) is 62.5 Å². The lowest BCUT2D eigenvalue weighted by molar-refractivity contribution is 0.188. The first-order valence-electron chi connectivity index (χ1n) is 4.98. The fourth-order valence-corrected chi connectivity index (χ4v) is 1.32. The summed E-state index contributed by atoms with van der Waals surface area (Å²) in [5, 5.41) is 16.3. The molecule has 2 aromatic heterocycles. The van der Waals surface area contributed by atoms with Gasteiger partial charge in [0, 0.05) is 18.8 Å². The van der Waals surface area contributed by atoms with Crippen molar-refractivity contribution in [2.24, 2.45) is 0 Å². The molecule has 1 unspecified atom stereocenters. The second kappa shape index (κ2) is 4.27. The predicted octanol–water partition coefficient (Wildman–Crippen LogP) is 0.912. The molecule has 5 nitrogen and oxygen atoms in total. The van der Waals surface area contributed by atoms with Crippen LogP contribution in [0, 0.1) is 0 Å². The van der Waals surface area contributed by atoms with E-state index in [4.69, 9.17) is 5.11 Å². The number of aliphatic hydroxyl groups excluding tert-OH is 1. The Morgan fingerprint density at radius 1 is 1.53 bits per heavy atom. The molecule has 0 spiro atoms. The van der Waals surface area contributed by atoms with Crippen LogP contribution in [0.5, 0.6) is 0 Å². The van der Waals surface area contributed by atoms with E-state index in [1.54, 1.807) is 17.6 Å². The Bertz CT molecular complexity index is 438. The maximum atomic E-state index is 9.09. The minimum Gasteiger partial charge on any atom is -0.393 e. The van der Waals surface area contributed by atoms with Crippen molar-refractivity contribution in [3.8, 4) is 0 Å². The molecule has 0 aliphatic rings. The van der Waals surface area contributed by atoms with Crippen molar-refractivity contribution in [3.63, 3.8) is 0 Å². The van der Waals surface area contributed by atoms with E-state index < -0.39 is 0 Å². The van der Waals surface area contributed by atoms with Gasteiger partial charge in [0.25, 0.3) is 0 Å². The van der Waals surface area contributed by atoms with Gasteiger partial charge >= 0.3 is 0 Å². The summed E-state index contributed by atoms with van der Waals surface area (Å²) in [7, 11) is 0. The van der Waals surface area contributed by atoms with Gasteiger partial charge in [-0.2, -0.15) is 5.10 Å². The van der Waals surface area contributed by atoms with E-state index in [1.165, 1.54) is 0 Å². The summed E-state index contributed by atoms with van der Waals surface area (Å²) in [6, 6.07) is 3.71. The molecule has 0 aliphatic carbocycles. The highest BCUT2D eigenvalue weighted by molar-refractivity contribution is 5.45. The van der Waals surface area contributed by atoms with E-state index >= 15 is 0 Å². The Kier molecular flexibility index (Phi) is 2.82. The normalized spacial score (nSPS) is 12.9. The van der Waals surface area contributed by atoms with Gasteiger partial charge in [-0.15, -0.1) is 0 Å². The molecule has 0 amide bonds. The third kappa shape index (κ3) is 2.44. The van der Waals surface area contributed by atoms with Gasteiger partial charge in [-0.1, -0.05) is 0 Å². The van der Waals surface area contributed by atoms with Crippen LogP contribution in [0.2, 0.25) is 0 Å². The molecule has 0 saturated carbocycles. The number of hydrogen-bond acceptors (Lipinski definition) is 4. The lowest BCUT2D eigenvalue weighted by Crippen LogP contribution is -2.10. The van der Waals surface area contributed by atoms with Crippen LogP contribution in [0.4, 0.5) is 5.82 Å². The molecule has 15 heavy (non-hydrogen) atoms. The first kappa shape index (κ1) is 9.92. The largest absolute Gasteiger partial charge is 0.393 e. The fourth-order valence-electron chi connectivity index (χ4n) is 1.32. The molecule has 2 aromatic rings. The molecular weight excluding hydrogens is 192 g/mol. The van der Waals surface area contributed by atoms with Crippen LogP contribution in [-0.2, 0) is 0 Å². The van der Waals surface area contributed by atoms with Crippen molar-refractivity contribution < 1.29 is 5.11 Å². The molecule has 0 saturated heterocycles. The molecule has 0 bridgehead atoms. The van der Waals surface area contributed by atoms with Gasteiger partial charge in [0.15, 0.2) is 5.65 Å². The number of hydrogen-bond donors (Lipinski definition) is 2.